The molecular formula is C30H35N5O3S. The molecule has 4 heterocycles. The maximum atomic E-state index is 13.3. The lowest BCUT2D eigenvalue weighted by Gasteiger charge is -2.30. The number of aromatic nitrogens is 1. The molecule has 6 rings (SSSR count). The fraction of sp³-hybridized carbons (Fsp3) is 0.433. The van der Waals surface area contributed by atoms with E-state index in [1.165, 1.54) is 0 Å². The van der Waals surface area contributed by atoms with Gasteiger partial charge < -0.3 is 26.0 Å². The fourth-order valence-corrected chi connectivity index (χ4v) is 7.33. The number of hydrogen-bond acceptors (Lipinski definition) is 8. The standard InChI is InChI=1S/C30H35N5O3S/c1-30(2)15-22-26(29(34-8-10-38-11-9-34)39-27(22)24(36)16-30)20-13-23(33-25(32)14-20)18-4-3-5-19(12-18)28(37)35-7-6-21(31)17-35/h3-5,12-14,21H,6-11,15-17,31H2,1-2H3,(H2,32,33)/t21-/m1/s1. The van der Waals surface area contributed by atoms with Gasteiger partial charge in [-0.2, -0.15) is 0 Å². The number of Topliss-reactive ketones (excluding diaryl/α,β-unsaturated/α-hetero) is 1. The fourth-order valence-electron chi connectivity index (χ4n) is 6.00. The van der Waals surface area contributed by atoms with Gasteiger partial charge in [-0.1, -0.05) is 26.0 Å². The SMILES string of the molecule is CC1(C)CC(=O)c2sc(N3CCOCC3)c(-c3cc(N)nc(-c4cccc(C(=O)N5CC[C@@H](N)C5)c4)c3)c2C1. The molecule has 4 N–H and O–H groups in total. The third kappa shape index (κ3) is 5.06. The number of carbonyl (C=O) groups excluding carboxylic acids is 2. The number of fused-ring (bicyclic) bond motifs is 1. The summed E-state index contributed by atoms with van der Waals surface area (Å²) < 4.78 is 5.62. The Hall–Kier alpha value is -3.27. The van der Waals surface area contributed by atoms with Crippen LogP contribution in [-0.4, -0.2) is 67.0 Å². The van der Waals surface area contributed by atoms with Gasteiger partial charge >= 0.3 is 0 Å². The summed E-state index contributed by atoms with van der Waals surface area (Å²) in [4.78, 5) is 36.1. The number of rotatable bonds is 4. The number of morpholine rings is 1. The first kappa shape index (κ1) is 26.0. The van der Waals surface area contributed by atoms with Crippen LogP contribution in [0.3, 0.4) is 0 Å². The predicted octanol–water partition coefficient (Wildman–Crippen LogP) is 4.22. The lowest BCUT2D eigenvalue weighted by Crippen LogP contribution is -2.36. The highest BCUT2D eigenvalue weighted by Gasteiger charge is 2.37. The quantitative estimate of drug-likeness (QED) is 0.504. The zero-order valence-corrected chi connectivity index (χ0v) is 23.4. The number of ketones is 1. The van der Waals surface area contributed by atoms with Crippen molar-refractivity contribution in [2.45, 2.75) is 39.2 Å². The Kier molecular flexibility index (Phi) is 6.69. The molecule has 39 heavy (non-hydrogen) atoms. The maximum absolute atomic E-state index is 13.3. The van der Waals surface area contributed by atoms with E-state index in [0.717, 1.165) is 58.1 Å². The van der Waals surface area contributed by atoms with Crippen molar-refractivity contribution in [2.75, 3.05) is 50.0 Å². The predicted molar refractivity (Wildman–Crippen MR) is 155 cm³/mol. The molecule has 3 aromatic rings. The van der Waals surface area contributed by atoms with Crippen LogP contribution in [0.1, 0.15) is 52.3 Å². The minimum Gasteiger partial charge on any atom is -0.384 e. The van der Waals surface area contributed by atoms with Gasteiger partial charge in [0.05, 0.1) is 28.8 Å². The first-order valence-electron chi connectivity index (χ1n) is 13.6. The molecule has 1 atom stereocenters. The van der Waals surface area contributed by atoms with Crippen LogP contribution < -0.4 is 16.4 Å². The molecule has 2 saturated heterocycles. The molecule has 2 aliphatic heterocycles. The van der Waals surface area contributed by atoms with Crippen molar-refractivity contribution in [1.29, 1.82) is 0 Å². The first-order chi connectivity index (χ1) is 18.7. The number of nitrogens with zero attached hydrogens (tertiary/aromatic N) is 3. The Bertz CT molecular complexity index is 1440. The molecule has 0 bridgehead atoms. The van der Waals surface area contributed by atoms with Gasteiger partial charge in [0.15, 0.2) is 5.78 Å². The topological polar surface area (TPSA) is 115 Å². The minimum atomic E-state index is -0.115. The van der Waals surface area contributed by atoms with E-state index in [9.17, 15) is 9.59 Å². The zero-order valence-electron chi connectivity index (χ0n) is 22.5. The van der Waals surface area contributed by atoms with E-state index in [1.54, 1.807) is 11.3 Å². The van der Waals surface area contributed by atoms with Gasteiger partial charge in [0.1, 0.15) is 5.82 Å². The summed E-state index contributed by atoms with van der Waals surface area (Å²) in [5.74, 6) is 0.595. The van der Waals surface area contributed by atoms with Gasteiger partial charge in [0.2, 0.25) is 0 Å². The number of anilines is 2. The van der Waals surface area contributed by atoms with Gasteiger partial charge in [-0.05, 0) is 53.6 Å². The summed E-state index contributed by atoms with van der Waals surface area (Å²) >= 11 is 1.60. The van der Waals surface area contributed by atoms with Crippen molar-refractivity contribution in [3.05, 3.63) is 52.4 Å². The average Bonchev–Trinajstić information content (AvgIpc) is 3.52. The Morgan fingerprint density at radius 3 is 2.64 bits per heavy atom. The Morgan fingerprint density at radius 2 is 1.90 bits per heavy atom. The Labute approximate surface area is 232 Å². The Balaban J connectivity index is 1.44. The van der Waals surface area contributed by atoms with Crippen molar-refractivity contribution >= 4 is 33.8 Å². The minimum absolute atomic E-state index is 0.0174. The summed E-state index contributed by atoms with van der Waals surface area (Å²) in [6.07, 6.45) is 2.19. The highest BCUT2D eigenvalue weighted by Crippen LogP contribution is 2.50. The smallest absolute Gasteiger partial charge is 0.253 e. The normalized spacial score (nSPS) is 20.8. The van der Waals surface area contributed by atoms with Crippen LogP contribution in [0.15, 0.2) is 36.4 Å². The number of nitrogen functional groups attached to an aromatic ring is 1. The van der Waals surface area contributed by atoms with Crippen LogP contribution in [0.25, 0.3) is 22.4 Å². The summed E-state index contributed by atoms with van der Waals surface area (Å²) in [6, 6.07) is 11.5. The number of hydrogen-bond donors (Lipinski definition) is 2. The molecule has 0 unspecified atom stereocenters. The van der Waals surface area contributed by atoms with Gasteiger partial charge in [0, 0.05) is 55.3 Å². The Morgan fingerprint density at radius 1 is 1.10 bits per heavy atom. The van der Waals surface area contributed by atoms with Gasteiger partial charge in [-0.15, -0.1) is 11.3 Å². The van der Waals surface area contributed by atoms with Crippen molar-refractivity contribution in [3.8, 4) is 22.4 Å². The largest absolute Gasteiger partial charge is 0.384 e. The number of pyridine rings is 1. The molecular weight excluding hydrogens is 510 g/mol. The van der Waals surface area contributed by atoms with Crippen molar-refractivity contribution < 1.29 is 14.3 Å². The van der Waals surface area contributed by atoms with Gasteiger partial charge in [0.25, 0.3) is 5.91 Å². The molecule has 3 aliphatic rings. The molecule has 1 amide bonds. The molecule has 0 saturated carbocycles. The maximum Gasteiger partial charge on any atom is 0.253 e. The molecule has 1 aromatic carbocycles. The second-order valence-corrected chi connectivity index (χ2v) is 12.7. The third-order valence-corrected chi connectivity index (χ3v) is 9.22. The van der Waals surface area contributed by atoms with E-state index in [4.69, 9.17) is 16.2 Å². The molecule has 0 radical (unpaired) electrons. The summed E-state index contributed by atoms with van der Waals surface area (Å²) in [6.45, 7) is 8.45. The molecule has 2 aromatic heterocycles. The van der Waals surface area contributed by atoms with Crippen LogP contribution in [0.4, 0.5) is 10.8 Å². The van der Waals surface area contributed by atoms with Crippen molar-refractivity contribution in [3.63, 3.8) is 0 Å². The lowest BCUT2D eigenvalue weighted by molar-refractivity contribution is 0.0790. The number of carbonyl (C=O) groups is 2. The summed E-state index contributed by atoms with van der Waals surface area (Å²) in [5.41, 5.74) is 17.6. The monoisotopic (exact) mass is 545 g/mol. The van der Waals surface area contributed by atoms with E-state index >= 15 is 0 Å². The van der Waals surface area contributed by atoms with Crippen LogP contribution >= 0.6 is 11.3 Å². The molecule has 8 nitrogen and oxygen atoms in total. The first-order valence-corrected chi connectivity index (χ1v) is 14.4. The molecule has 0 spiro atoms. The molecule has 2 fully saturated rings. The second-order valence-electron chi connectivity index (χ2n) is 11.7. The highest BCUT2D eigenvalue weighted by molar-refractivity contribution is 7.19. The molecule has 1 aliphatic carbocycles. The van der Waals surface area contributed by atoms with Crippen LogP contribution in [0, 0.1) is 5.41 Å². The molecule has 9 heteroatoms. The lowest BCUT2D eigenvalue weighted by atomic mass is 9.75. The van der Waals surface area contributed by atoms with Crippen LogP contribution in [0.2, 0.25) is 0 Å². The van der Waals surface area contributed by atoms with Crippen LogP contribution in [-0.2, 0) is 11.2 Å². The zero-order chi connectivity index (χ0) is 27.3. The average molecular weight is 546 g/mol. The summed E-state index contributed by atoms with van der Waals surface area (Å²) in [7, 11) is 0. The number of ether oxygens (including phenoxy) is 1. The number of nitrogens with two attached hydrogens (primary N) is 2. The van der Waals surface area contributed by atoms with E-state index < -0.39 is 0 Å². The number of thiophene rings is 1. The van der Waals surface area contributed by atoms with Gasteiger partial charge in [-0.3, -0.25) is 9.59 Å². The second kappa shape index (κ2) is 10.0. The van der Waals surface area contributed by atoms with Crippen molar-refractivity contribution in [1.82, 2.24) is 9.88 Å². The summed E-state index contributed by atoms with van der Waals surface area (Å²) in [5, 5.41) is 1.10. The van der Waals surface area contributed by atoms with E-state index in [1.807, 2.05) is 41.3 Å². The van der Waals surface area contributed by atoms with E-state index in [2.05, 4.69) is 23.7 Å². The number of amides is 1. The molecule has 204 valence electrons. The third-order valence-electron chi connectivity index (χ3n) is 7.89. The van der Waals surface area contributed by atoms with Crippen molar-refractivity contribution in [2.24, 2.45) is 11.1 Å². The van der Waals surface area contributed by atoms with E-state index in [0.29, 0.717) is 49.8 Å². The van der Waals surface area contributed by atoms with Crippen LogP contribution in [0.5, 0.6) is 0 Å². The van der Waals surface area contributed by atoms with Gasteiger partial charge in [-0.25, -0.2) is 4.98 Å². The van der Waals surface area contributed by atoms with E-state index in [-0.39, 0.29) is 23.1 Å². The number of likely N-dealkylation sites (tertiary alicyclic amines) is 1. The highest BCUT2D eigenvalue weighted by atomic mass is 32.1. The number of benzene rings is 1.